The van der Waals surface area contributed by atoms with Crippen LogP contribution in [-0.4, -0.2) is 12.8 Å². The molecular formula is C10H16N2. The van der Waals surface area contributed by atoms with Crippen molar-refractivity contribution >= 4 is 6.21 Å². The quantitative estimate of drug-likeness (QED) is 0.382. The highest BCUT2D eigenvalue weighted by Gasteiger charge is 1.96. The number of nitrogens with two attached hydrogens (primary N) is 1. The maximum Gasteiger partial charge on any atom is 0.0498 e. The van der Waals surface area contributed by atoms with Crippen molar-refractivity contribution < 1.29 is 0 Å². The summed E-state index contributed by atoms with van der Waals surface area (Å²) in [6, 6.07) is 0. The SMILES string of the molecule is C#CCCN=C/C(=C\N)C(C)C. The molecule has 0 spiro atoms. The highest BCUT2D eigenvalue weighted by atomic mass is 14.7. The Labute approximate surface area is 74.6 Å². The van der Waals surface area contributed by atoms with Crippen LogP contribution in [0.3, 0.4) is 0 Å². The summed E-state index contributed by atoms with van der Waals surface area (Å²) in [6.07, 6.45) is 9.14. The third kappa shape index (κ3) is 4.56. The summed E-state index contributed by atoms with van der Waals surface area (Å²) in [5.41, 5.74) is 6.44. The first-order chi connectivity index (χ1) is 5.72. The van der Waals surface area contributed by atoms with E-state index < -0.39 is 0 Å². The average Bonchev–Trinajstić information content (AvgIpc) is 2.04. The van der Waals surface area contributed by atoms with Gasteiger partial charge < -0.3 is 5.73 Å². The molecule has 0 aromatic heterocycles. The maximum atomic E-state index is 5.39. The van der Waals surface area contributed by atoms with Crippen molar-refractivity contribution in [3.05, 3.63) is 11.8 Å². The van der Waals surface area contributed by atoms with Crippen molar-refractivity contribution in [1.82, 2.24) is 0 Å². The molecule has 0 radical (unpaired) electrons. The maximum absolute atomic E-state index is 5.39. The Balaban J connectivity index is 3.89. The van der Waals surface area contributed by atoms with Crippen molar-refractivity contribution in [2.24, 2.45) is 16.6 Å². The Morgan fingerprint density at radius 2 is 2.33 bits per heavy atom. The van der Waals surface area contributed by atoms with Crippen LogP contribution in [0.25, 0.3) is 0 Å². The van der Waals surface area contributed by atoms with E-state index in [9.17, 15) is 0 Å². The molecule has 0 atom stereocenters. The van der Waals surface area contributed by atoms with E-state index in [4.69, 9.17) is 12.2 Å². The second kappa shape index (κ2) is 6.48. The second-order valence-corrected chi connectivity index (χ2v) is 2.81. The van der Waals surface area contributed by atoms with E-state index >= 15 is 0 Å². The minimum Gasteiger partial charge on any atom is -0.404 e. The molecule has 0 aromatic carbocycles. The lowest BCUT2D eigenvalue weighted by atomic mass is 10.1. The molecule has 0 rings (SSSR count). The van der Waals surface area contributed by atoms with Crippen LogP contribution in [0.15, 0.2) is 16.8 Å². The predicted molar refractivity (Wildman–Crippen MR) is 53.9 cm³/mol. The summed E-state index contributed by atoms with van der Waals surface area (Å²) in [5.74, 6) is 2.95. The van der Waals surface area contributed by atoms with E-state index in [1.807, 2.05) is 0 Å². The molecule has 0 saturated carbocycles. The van der Waals surface area contributed by atoms with Gasteiger partial charge in [0.25, 0.3) is 0 Å². The highest BCUT2D eigenvalue weighted by Crippen LogP contribution is 2.04. The predicted octanol–water partition coefficient (Wildman–Crippen LogP) is 1.58. The molecule has 2 nitrogen and oxygen atoms in total. The normalized spacial score (nSPS) is 12.3. The van der Waals surface area contributed by atoms with Crippen molar-refractivity contribution in [1.29, 1.82) is 0 Å². The summed E-state index contributed by atoms with van der Waals surface area (Å²) in [7, 11) is 0. The summed E-state index contributed by atoms with van der Waals surface area (Å²) in [6.45, 7) is 4.83. The molecule has 2 heteroatoms. The zero-order valence-corrected chi connectivity index (χ0v) is 7.75. The van der Waals surface area contributed by atoms with Crippen LogP contribution in [-0.2, 0) is 0 Å². The zero-order chi connectivity index (χ0) is 9.40. The van der Waals surface area contributed by atoms with Crippen molar-refractivity contribution in [2.75, 3.05) is 6.54 Å². The largest absolute Gasteiger partial charge is 0.404 e. The van der Waals surface area contributed by atoms with Crippen LogP contribution in [0.5, 0.6) is 0 Å². The minimum absolute atomic E-state index is 0.421. The first kappa shape index (κ1) is 10.8. The minimum atomic E-state index is 0.421. The van der Waals surface area contributed by atoms with Crippen LogP contribution >= 0.6 is 0 Å². The Hall–Kier alpha value is -1.23. The fourth-order valence-electron chi connectivity index (χ4n) is 0.684. The van der Waals surface area contributed by atoms with E-state index in [0.717, 1.165) is 5.57 Å². The number of terminal acetylenes is 1. The molecular weight excluding hydrogens is 148 g/mol. The molecule has 0 aliphatic rings. The number of aliphatic imine (C=N–C) groups is 1. The molecule has 0 aliphatic carbocycles. The van der Waals surface area contributed by atoms with Gasteiger partial charge in [0.2, 0.25) is 0 Å². The first-order valence-corrected chi connectivity index (χ1v) is 4.07. The standard InChI is InChI=1S/C10H16N2/c1-4-5-6-12-8-10(7-11)9(2)3/h1,7-9H,5-6,11H2,2-3H3/b10-7+,12-8?. The van der Waals surface area contributed by atoms with Crippen molar-refractivity contribution in [2.45, 2.75) is 20.3 Å². The smallest absolute Gasteiger partial charge is 0.0498 e. The first-order valence-electron chi connectivity index (χ1n) is 4.07. The Bertz CT molecular complexity index is 206. The molecule has 0 heterocycles. The fraction of sp³-hybridized carbons (Fsp3) is 0.500. The monoisotopic (exact) mass is 164 g/mol. The van der Waals surface area contributed by atoms with E-state index in [2.05, 4.69) is 24.8 Å². The van der Waals surface area contributed by atoms with Gasteiger partial charge in [-0.3, -0.25) is 4.99 Å². The molecule has 66 valence electrons. The Morgan fingerprint density at radius 3 is 2.75 bits per heavy atom. The third-order valence-electron chi connectivity index (χ3n) is 1.48. The summed E-state index contributed by atoms with van der Waals surface area (Å²) >= 11 is 0. The van der Waals surface area contributed by atoms with Crippen LogP contribution in [0.4, 0.5) is 0 Å². The van der Waals surface area contributed by atoms with E-state index in [1.165, 1.54) is 0 Å². The highest BCUT2D eigenvalue weighted by molar-refractivity contribution is 5.78. The molecule has 2 N–H and O–H groups in total. The molecule has 0 aliphatic heterocycles. The van der Waals surface area contributed by atoms with Gasteiger partial charge in [0.15, 0.2) is 0 Å². The van der Waals surface area contributed by atoms with Gasteiger partial charge in [-0.1, -0.05) is 13.8 Å². The van der Waals surface area contributed by atoms with Gasteiger partial charge >= 0.3 is 0 Å². The fourth-order valence-corrected chi connectivity index (χ4v) is 0.684. The molecule has 0 saturated heterocycles. The van der Waals surface area contributed by atoms with Crippen LogP contribution in [0.2, 0.25) is 0 Å². The summed E-state index contributed by atoms with van der Waals surface area (Å²) in [4.78, 5) is 4.14. The Morgan fingerprint density at radius 1 is 1.67 bits per heavy atom. The van der Waals surface area contributed by atoms with Crippen LogP contribution < -0.4 is 5.73 Å². The topological polar surface area (TPSA) is 38.4 Å². The number of hydrogen-bond donors (Lipinski definition) is 1. The lowest BCUT2D eigenvalue weighted by Crippen LogP contribution is -1.99. The van der Waals surface area contributed by atoms with Gasteiger partial charge in [0.05, 0.1) is 0 Å². The number of rotatable bonds is 4. The van der Waals surface area contributed by atoms with Crippen LogP contribution in [0, 0.1) is 18.3 Å². The second-order valence-electron chi connectivity index (χ2n) is 2.81. The lowest BCUT2D eigenvalue weighted by Gasteiger charge is -2.02. The van der Waals surface area contributed by atoms with Gasteiger partial charge in [0.1, 0.15) is 0 Å². The Kier molecular flexibility index (Phi) is 5.81. The van der Waals surface area contributed by atoms with E-state index in [1.54, 1.807) is 12.4 Å². The van der Waals surface area contributed by atoms with E-state index in [0.29, 0.717) is 18.9 Å². The van der Waals surface area contributed by atoms with Gasteiger partial charge in [-0.25, -0.2) is 0 Å². The molecule has 0 unspecified atom stereocenters. The van der Waals surface area contributed by atoms with Crippen molar-refractivity contribution in [3.63, 3.8) is 0 Å². The number of hydrogen-bond acceptors (Lipinski definition) is 2. The molecule has 0 amide bonds. The van der Waals surface area contributed by atoms with Gasteiger partial charge in [-0.05, 0) is 17.7 Å². The van der Waals surface area contributed by atoms with Gasteiger partial charge in [-0.2, -0.15) is 0 Å². The molecule has 0 fully saturated rings. The summed E-state index contributed by atoms with van der Waals surface area (Å²) in [5, 5.41) is 0. The number of allylic oxidation sites excluding steroid dienone is 1. The molecule has 0 aromatic rings. The van der Waals surface area contributed by atoms with E-state index in [-0.39, 0.29) is 0 Å². The van der Waals surface area contributed by atoms with Gasteiger partial charge in [0, 0.05) is 19.2 Å². The summed E-state index contributed by atoms with van der Waals surface area (Å²) < 4.78 is 0. The zero-order valence-electron chi connectivity index (χ0n) is 7.75. The molecule has 0 bridgehead atoms. The molecule has 12 heavy (non-hydrogen) atoms. The van der Waals surface area contributed by atoms with Crippen LogP contribution in [0.1, 0.15) is 20.3 Å². The van der Waals surface area contributed by atoms with Gasteiger partial charge in [-0.15, -0.1) is 12.3 Å². The third-order valence-corrected chi connectivity index (χ3v) is 1.48. The lowest BCUT2D eigenvalue weighted by molar-refractivity contribution is 0.802. The van der Waals surface area contributed by atoms with Crippen molar-refractivity contribution in [3.8, 4) is 12.3 Å². The number of nitrogens with zero attached hydrogens (tertiary/aromatic N) is 1. The average molecular weight is 164 g/mol.